The number of hydrogen-bond donors (Lipinski definition) is 0. The van der Waals surface area contributed by atoms with Gasteiger partial charge in [0.15, 0.2) is 5.16 Å². The zero-order valence-electron chi connectivity index (χ0n) is 19.6. The standard InChI is InChI=1S/C26H25FN4O3S/c1-17-7-10-23(13-18(17)2)31-19(3)28-29-26(31)35-25(15-30(32)33)21-8-11-24(12-9-21)34-16-20-5-4-6-22(27)14-20/h4-14,25H,15-16H2,1-3H3/t25-/m0/s1. The summed E-state index contributed by atoms with van der Waals surface area (Å²) in [6.07, 6.45) is 0. The van der Waals surface area contributed by atoms with E-state index < -0.39 is 5.25 Å². The van der Waals surface area contributed by atoms with Crippen LogP contribution in [0, 0.1) is 36.7 Å². The molecule has 3 aromatic carbocycles. The van der Waals surface area contributed by atoms with Crippen LogP contribution < -0.4 is 4.74 Å². The van der Waals surface area contributed by atoms with Crippen LogP contribution in [0.4, 0.5) is 4.39 Å². The predicted molar refractivity (Wildman–Crippen MR) is 133 cm³/mol. The Balaban J connectivity index is 1.54. The van der Waals surface area contributed by atoms with Crippen molar-refractivity contribution in [3.63, 3.8) is 0 Å². The van der Waals surface area contributed by atoms with Crippen LogP contribution in [-0.2, 0) is 6.61 Å². The molecule has 7 nitrogen and oxygen atoms in total. The van der Waals surface area contributed by atoms with Gasteiger partial charge in [0.2, 0.25) is 6.54 Å². The highest BCUT2D eigenvalue weighted by atomic mass is 32.2. The van der Waals surface area contributed by atoms with Gasteiger partial charge in [-0.25, -0.2) is 4.39 Å². The average Bonchev–Trinajstić information content (AvgIpc) is 3.19. The van der Waals surface area contributed by atoms with E-state index in [1.165, 1.54) is 29.5 Å². The Bertz CT molecular complexity index is 1340. The summed E-state index contributed by atoms with van der Waals surface area (Å²) in [7, 11) is 0. The molecule has 9 heteroatoms. The van der Waals surface area contributed by atoms with E-state index in [1.54, 1.807) is 24.3 Å². The third kappa shape index (κ3) is 6.05. The Hall–Kier alpha value is -3.72. The SMILES string of the molecule is Cc1ccc(-n2c(C)nnc2S[C@@H](C[N+](=O)[O-])c2ccc(OCc3cccc(F)c3)cc2)cc1C. The van der Waals surface area contributed by atoms with E-state index in [2.05, 4.69) is 16.3 Å². The van der Waals surface area contributed by atoms with Crippen molar-refractivity contribution in [3.8, 4) is 11.4 Å². The molecular formula is C26H25FN4O3S. The number of hydrogen-bond acceptors (Lipinski definition) is 6. The van der Waals surface area contributed by atoms with Crippen molar-refractivity contribution in [2.45, 2.75) is 37.8 Å². The fourth-order valence-corrected chi connectivity index (χ4v) is 4.80. The molecule has 0 saturated heterocycles. The Labute approximate surface area is 207 Å². The van der Waals surface area contributed by atoms with Crippen LogP contribution in [0.3, 0.4) is 0 Å². The molecule has 0 fully saturated rings. The van der Waals surface area contributed by atoms with Gasteiger partial charge in [-0.15, -0.1) is 10.2 Å². The highest BCUT2D eigenvalue weighted by Crippen LogP contribution is 2.36. The average molecular weight is 493 g/mol. The van der Waals surface area contributed by atoms with Gasteiger partial charge in [-0.3, -0.25) is 14.7 Å². The summed E-state index contributed by atoms with van der Waals surface area (Å²) in [5, 5.41) is 20.1. The van der Waals surface area contributed by atoms with E-state index in [0.717, 1.165) is 22.4 Å². The van der Waals surface area contributed by atoms with Crippen molar-refractivity contribution in [2.75, 3.05) is 6.54 Å². The maximum Gasteiger partial charge on any atom is 0.220 e. The third-order valence-electron chi connectivity index (χ3n) is 5.65. The lowest BCUT2D eigenvalue weighted by atomic mass is 10.1. The largest absolute Gasteiger partial charge is 0.489 e. The van der Waals surface area contributed by atoms with Crippen molar-refractivity contribution in [3.05, 3.63) is 111 Å². The highest BCUT2D eigenvalue weighted by molar-refractivity contribution is 7.99. The maximum atomic E-state index is 13.4. The molecule has 0 amide bonds. The number of rotatable bonds is 9. The topological polar surface area (TPSA) is 83.1 Å². The van der Waals surface area contributed by atoms with Crippen LogP contribution in [0.1, 0.15) is 33.3 Å². The molecule has 0 aliphatic heterocycles. The van der Waals surface area contributed by atoms with Gasteiger partial charge in [0.05, 0.1) is 0 Å². The van der Waals surface area contributed by atoms with Crippen LogP contribution in [0.15, 0.2) is 71.9 Å². The number of nitro groups is 1. The summed E-state index contributed by atoms with van der Waals surface area (Å²) in [6, 6.07) is 19.5. The molecule has 0 aliphatic carbocycles. The van der Waals surface area contributed by atoms with Crippen molar-refractivity contribution >= 4 is 11.8 Å². The number of nitrogens with zero attached hydrogens (tertiary/aromatic N) is 4. The molecule has 0 spiro atoms. The molecule has 4 rings (SSSR count). The molecule has 180 valence electrons. The summed E-state index contributed by atoms with van der Waals surface area (Å²) in [6.45, 7) is 5.90. The number of aryl methyl sites for hydroxylation is 3. The molecule has 0 bridgehead atoms. The third-order valence-corrected chi connectivity index (χ3v) is 6.83. The van der Waals surface area contributed by atoms with Crippen molar-refractivity contribution in [1.82, 2.24) is 14.8 Å². The fraction of sp³-hybridized carbons (Fsp3) is 0.231. The lowest BCUT2D eigenvalue weighted by Crippen LogP contribution is -2.11. The minimum absolute atomic E-state index is 0.225. The molecule has 1 atom stereocenters. The summed E-state index contributed by atoms with van der Waals surface area (Å²) >= 11 is 1.31. The van der Waals surface area contributed by atoms with Gasteiger partial charge >= 0.3 is 0 Å². The Morgan fingerprint density at radius 1 is 1.03 bits per heavy atom. The lowest BCUT2D eigenvalue weighted by Gasteiger charge is -2.15. The Morgan fingerprint density at radius 3 is 2.49 bits per heavy atom. The minimum atomic E-state index is -0.476. The van der Waals surface area contributed by atoms with Crippen LogP contribution in [0.25, 0.3) is 5.69 Å². The van der Waals surface area contributed by atoms with Gasteiger partial charge in [0.25, 0.3) is 0 Å². The first kappa shape index (κ1) is 24.4. The van der Waals surface area contributed by atoms with E-state index in [9.17, 15) is 14.5 Å². The number of halogens is 1. The fourth-order valence-electron chi connectivity index (χ4n) is 3.63. The molecule has 1 heterocycles. The van der Waals surface area contributed by atoms with E-state index in [-0.39, 0.29) is 23.9 Å². The Morgan fingerprint density at radius 2 is 1.80 bits per heavy atom. The highest BCUT2D eigenvalue weighted by Gasteiger charge is 2.24. The number of thioether (sulfide) groups is 1. The number of ether oxygens (including phenoxy) is 1. The molecule has 1 aromatic heterocycles. The summed E-state index contributed by atoms with van der Waals surface area (Å²) < 4.78 is 21.0. The van der Waals surface area contributed by atoms with Crippen molar-refractivity contribution < 1.29 is 14.1 Å². The molecule has 0 unspecified atom stereocenters. The van der Waals surface area contributed by atoms with Crippen LogP contribution >= 0.6 is 11.8 Å². The van der Waals surface area contributed by atoms with Crippen LogP contribution in [-0.4, -0.2) is 26.2 Å². The van der Waals surface area contributed by atoms with E-state index in [0.29, 0.717) is 16.7 Å². The number of benzene rings is 3. The zero-order valence-corrected chi connectivity index (χ0v) is 20.5. The van der Waals surface area contributed by atoms with Gasteiger partial charge < -0.3 is 4.74 Å². The van der Waals surface area contributed by atoms with Gasteiger partial charge in [0.1, 0.15) is 29.2 Å². The van der Waals surface area contributed by atoms with Crippen LogP contribution in [0.2, 0.25) is 0 Å². The Kier molecular flexibility index (Phi) is 7.45. The summed E-state index contributed by atoms with van der Waals surface area (Å²) in [5.74, 6) is 0.985. The molecule has 0 saturated carbocycles. The first-order chi connectivity index (χ1) is 16.8. The second-order valence-corrected chi connectivity index (χ2v) is 9.41. The molecule has 0 aliphatic rings. The second kappa shape index (κ2) is 10.7. The molecule has 35 heavy (non-hydrogen) atoms. The summed E-state index contributed by atoms with van der Waals surface area (Å²) in [5.41, 5.74) is 4.73. The molecule has 0 N–H and O–H groups in total. The normalized spacial score (nSPS) is 11.9. The lowest BCUT2D eigenvalue weighted by molar-refractivity contribution is -0.479. The van der Waals surface area contributed by atoms with Crippen molar-refractivity contribution in [2.24, 2.45) is 0 Å². The minimum Gasteiger partial charge on any atom is -0.489 e. The summed E-state index contributed by atoms with van der Waals surface area (Å²) in [4.78, 5) is 11.1. The van der Waals surface area contributed by atoms with Gasteiger partial charge in [0, 0.05) is 10.6 Å². The first-order valence-electron chi connectivity index (χ1n) is 11.1. The van der Waals surface area contributed by atoms with Crippen LogP contribution in [0.5, 0.6) is 5.75 Å². The van der Waals surface area contributed by atoms with E-state index >= 15 is 0 Å². The maximum absolute atomic E-state index is 13.4. The monoisotopic (exact) mass is 492 g/mol. The van der Waals surface area contributed by atoms with E-state index in [1.807, 2.05) is 49.6 Å². The predicted octanol–water partition coefficient (Wildman–Crippen LogP) is 6.02. The molecular weight excluding hydrogens is 467 g/mol. The molecule has 0 radical (unpaired) electrons. The van der Waals surface area contributed by atoms with Gasteiger partial charge in [-0.2, -0.15) is 0 Å². The zero-order chi connectivity index (χ0) is 24.9. The smallest absolute Gasteiger partial charge is 0.220 e. The van der Waals surface area contributed by atoms with Gasteiger partial charge in [-0.05, 0) is 79.4 Å². The van der Waals surface area contributed by atoms with Gasteiger partial charge in [-0.1, -0.05) is 42.1 Å². The van der Waals surface area contributed by atoms with E-state index in [4.69, 9.17) is 4.74 Å². The quantitative estimate of drug-likeness (QED) is 0.161. The number of aromatic nitrogens is 3. The molecule has 4 aromatic rings. The second-order valence-electron chi connectivity index (χ2n) is 8.24. The first-order valence-corrected chi connectivity index (χ1v) is 11.9. The van der Waals surface area contributed by atoms with Crippen molar-refractivity contribution in [1.29, 1.82) is 0 Å².